The molecule has 2 N–H and O–H groups in total. The lowest BCUT2D eigenvalue weighted by atomic mass is 9.94. The van der Waals surface area contributed by atoms with E-state index in [1.54, 1.807) is 30.3 Å². The van der Waals surface area contributed by atoms with E-state index in [1.165, 1.54) is 11.8 Å². The molecule has 3 rings (SSSR count). The van der Waals surface area contributed by atoms with Gasteiger partial charge in [0, 0.05) is 13.1 Å². The van der Waals surface area contributed by atoms with E-state index in [1.807, 2.05) is 10.8 Å². The molecule has 2 aromatic rings. The summed E-state index contributed by atoms with van der Waals surface area (Å²) >= 11 is 0. The number of halogens is 2. The van der Waals surface area contributed by atoms with Crippen LogP contribution in [0.5, 0.6) is 0 Å². The van der Waals surface area contributed by atoms with Crippen molar-refractivity contribution in [2.75, 3.05) is 18.0 Å². The van der Waals surface area contributed by atoms with Crippen LogP contribution in [-0.4, -0.2) is 43.5 Å². The number of sulfonamides is 1. The Morgan fingerprint density at radius 1 is 1.30 bits per heavy atom. The molecule has 1 aliphatic rings. The van der Waals surface area contributed by atoms with E-state index in [0.717, 1.165) is 0 Å². The Bertz CT molecular complexity index is 1220. The minimum atomic E-state index is -3.94. The van der Waals surface area contributed by atoms with Crippen LogP contribution in [0, 0.1) is 17.2 Å². The second-order valence-corrected chi connectivity index (χ2v) is 9.16. The van der Waals surface area contributed by atoms with Crippen molar-refractivity contribution in [3.63, 3.8) is 0 Å². The van der Waals surface area contributed by atoms with E-state index in [-0.39, 0.29) is 42.2 Å². The van der Waals surface area contributed by atoms with Crippen molar-refractivity contribution in [2.24, 2.45) is 5.92 Å². The molecule has 0 saturated carbocycles. The Morgan fingerprint density at radius 2 is 1.94 bits per heavy atom. The number of carbonyl (C=O) groups excluding carboxylic acids is 1. The molecule has 1 fully saturated rings. The highest BCUT2D eigenvalue weighted by Gasteiger charge is 2.38. The van der Waals surface area contributed by atoms with E-state index in [0.29, 0.717) is 5.56 Å². The number of alkyl halides is 2. The van der Waals surface area contributed by atoms with Crippen LogP contribution in [0.15, 0.2) is 30.3 Å². The van der Waals surface area contributed by atoms with Gasteiger partial charge in [0.15, 0.2) is 0 Å². The lowest BCUT2D eigenvalue weighted by Crippen LogP contribution is -2.55. The number of carboxylic acids is 1. The summed E-state index contributed by atoms with van der Waals surface area (Å²) in [4.78, 5) is 29.1. The first-order valence-corrected chi connectivity index (χ1v) is 11.5. The molecule has 0 aliphatic carbocycles. The summed E-state index contributed by atoms with van der Waals surface area (Å²) in [5, 5.41) is 18.9. The number of rotatable bonds is 8. The van der Waals surface area contributed by atoms with Crippen LogP contribution in [0.1, 0.15) is 46.1 Å². The molecule has 0 atom stereocenters. The SMILES string of the molecule is CCc1c(C#N)c(N2CC(C(=O)NS(=O)(=O)Cc3ccccc3)C2)nc(C(F)F)c1C(=O)O. The average Bonchev–Trinajstić information content (AvgIpc) is 2.71. The molecule has 0 unspecified atom stereocenters. The molecule has 0 spiro atoms. The van der Waals surface area contributed by atoms with Crippen molar-refractivity contribution in [2.45, 2.75) is 25.5 Å². The van der Waals surface area contributed by atoms with Crippen molar-refractivity contribution in [3.05, 3.63) is 58.3 Å². The van der Waals surface area contributed by atoms with E-state index in [4.69, 9.17) is 0 Å². The van der Waals surface area contributed by atoms with E-state index >= 15 is 0 Å². The van der Waals surface area contributed by atoms with Gasteiger partial charge in [-0.1, -0.05) is 37.3 Å². The first kappa shape index (κ1) is 24.1. The quantitative estimate of drug-likeness (QED) is 0.589. The Balaban J connectivity index is 1.79. The Labute approximate surface area is 188 Å². The number of carbonyl (C=O) groups is 2. The van der Waals surface area contributed by atoms with Crippen LogP contribution in [0.2, 0.25) is 0 Å². The van der Waals surface area contributed by atoms with Gasteiger partial charge in [0.05, 0.1) is 22.8 Å². The monoisotopic (exact) mass is 478 g/mol. The molecule has 2 heterocycles. The minimum absolute atomic E-state index is 0.00918. The Morgan fingerprint density at radius 3 is 2.45 bits per heavy atom. The number of aromatic carboxylic acids is 1. The predicted octanol–water partition coefficient (Wildman–Crippen LogP) is 2.23. The second-order valence-electron chi connectivity index (χ2n) is 7.43. The second kappa shape index (κ2) is 9.50. The van der Waals surface area contributed by atoms with Gasteiger partial charge in [-0.2, -0.15) is 5.26 Å². The number of amides is 1. The number of aromatic nitrogens is 1. The number of nitriles is 1. The molecule has 0 radical (unpaired) electrons. The number of hydrogen-bond donors (Lipinski definition) is 2. The van der Waals surface area contributed by atoms with Crippen molar-refractivity contribution in [1.82, 2.24) is 9.71 Å². The smallest absolute Gasteiger partial charge is 0.338 e. The third-order valence-corrected chi connectivity index (χ3v) is 6.43. The summed E-state index contributed by atoms with van der Waals surface area (Å²) in [6.45, 7) is 1.41. The van der Waals surface area contributed by atoms with Gasteiger partial charge in [0.2, 0.25) is 15.9 Å². The fraction of sp³-hybridized carbons (Fsp3) is 0.333. The topological polar surface area (TPSA) is 140 Å². The third kappa shape index (κ3) is 5.09. The standard InChI is InChI=1S/C21H20F2N4O5S/c1-2-14-15(8-24)19(25-17(18(22)23)16(14)21(29)30)27-9-13(10-27)20(28)26-33(31,32)11-12-6-4-3-5-7-12/h3-7,13,18H,2,9-11H2,1H3,(H,26,28)(H,29,30). The third-order valence-electron chi connectivity index (χ3n) is 5.20. The fourth-order valence-corrected chi connectivity index (χ4v) is 4.80. The van der Waals surface area contributed by atoms with Crippen LogP contribution in [0.4, 0.5) is 14.6 Å². The lowest BCUT2D eigenvalue weighted by Gasteiger charge is -2.39. The summed E-state index contributed by atoms with van der Waals surface area (Å²) in [6.07, 6.45) is -3.17. The number of pyridine rings is 1. The van der Waals surface area contributed by atoms with E-state index in [2.05, 4.69) is 4.98 Å². The van der Waals surface area contributed by atoms with Crippen LogP contribution < -0.4 is 9.62 Å². The molecule has 0 bridgehead atoms. The van der Waals surface area contributed by atoms with Crippen LogP contribution in [0.25, 0.3) is 0 Å². The summed E-state index contributed by atoms with van der Waals surface area (Å²) in [5.41, 5.74) is -1.37. The highest BCUT2D eigenvalue weighted by atomic mass is 32.2. The van der Waals surface area contributed by atoms with Gasteiger partial charge in [-0.25, -0.2) is 27.0 Å². The molecular weight excluding hydrogens is 458 g/mol. The minimum Gasteiger partial charge on any atom is -0.478 e. The van der Waals surface area contributed by atoms with Crippen LogP contribution >= 0.6 is 0 Å². The molecule has 1 amide bonds. The first-order chi connectivity index (χ1) is 15.6. The number of nitrogens with one attached hydrogen (secondary N) is 1. The van der Waals surface area contributed by atoms with Crippen LogP contribution in [0.3, 0.4) is 0 Å². The average molecular weight is 478 g/mol. The maximum atomic E-state index is 13.5. The summed E-state index contributed by atoms with van der Waals surface area (Å²) < 4.78 is 53.6. The van der Waals surface area contributed by atoms with Crippen molar-refractivity contribution in [3.8, 4) is 6.07 Å². The zero-order chi connectivity index (χ0) is 24.3. The normalized spacial score (nSPS) is 14.0. The first-order valence-electron chi connectivity index (χ1n) is 9.89. The highest BCUT2D eigenvalue weighted by Crippen LogP contribution is 2.34. The van der Waals surface area contributed by atoms with Crippen molar-refractivity contribution < 1.29 is 31.9 Å². The lowest BCUT2D eigenvalue weighted by molar-refractivity contribution is -0.123. The molecule has 1 aromatic heterocycles. The molecule has 12 heteroatoms. The number of hydrogen-bond acceptors (Lipinski definition) is 7. The largest absolute Gasteiger partial charge is 0.478 e. The van der Waals surface area contributed by atoms with Crippen molar-refractivity contribution >= 4 is 27.7 Å². The number of benzene rings is 1. The van der Waals surface area contributed by atoms with Crippen LogP contribution in [-0.2, 0) is 27.0 Å². The molecular formula is C21H20F2N4O5S. The van der Waals surface area contributed by atoms with Gasteiger partial charge >= 0.3 is 5.97 Å². The molecule has 1 aliphatic heterocycles. The van der Waals surface area contributed by atoms with Gasteiger partial charge in [-0.3, -0.25) is 9.52 Å². The van der Waals surface area contributed by atoms with Gasteiger partial charge in [-0.15, -0.1) is 0 Å². The molecule has 33 heavy (non-hydrogen) atoms. The van der Waals surface area contributed by atoms with Crippen molar-refractivity contribution in [1.29, 1.82) is 5.26 Å². The summed E-state index contributed by atoms with van der Waals surface area (Å²) in [5.74, 6) is -3.67. The highest BCUT2D eigenvalue weighted by molar-refractivity contribution is 7.89. The number of anilines is 1. The molecule has 174 valence electrons. The summed E-state index contributed by atoms with van der Waals surface area (Å²) in [6, 6.07) is 10.1. The fourth-order valence-electron chi connectivity index (χ4n) is 3.62. The predicted molar refractivity (Wildman–Crippen MR) is 113 cm³/mol. The Kier molecular flexibility index (Phi) is 6.92. The summed E-state index contributed by atoms with van der Waals surface area (Å²) in [7, 11) is -3.94. The van der Waals surface area contributed by atoms with Gasteiger partial charge in [0.25, 0.3) is 6.43 Å². The Hall–Kier alpha value is -3.59. The van der Waals surface area contributed by atoms with E-state index < -0.39 is 45.5 Å². The maximum absolute atomic E-state index is 13.5. The number of nitrogens with zero attached hydrogens (tertiary/aromatic N) is 3. The molecule has 1 aromatic carbocycles. The van der Waals surface area contributed by atoms with Gasteiger partial charge in [-0.05, 0) is 17.5 Å². The van der Waals surface area contributed by atoms with Gasteiger partial charge in [0.1, 0.15) is 17.6 Å². The zero-order valence-corrected chi connectivity index (χ0v) is 18.3. The molecule has 9 nitrogen and oxygen atoms in total. The zero-order valence-electron chi connectivity index (χ0n) is 17.5. The number of carboxylic acid groups (broad SMARTS) is 1. The van der Waals surface area contributed by atoms with Gasteiger partial charge < -0.3 is 10.0 Å². The molecule has 1 saturated heterocycles. The maximum Gasteiger partial charge on any atom is 0.338 e. The van der Waals surface area contributed by atoms with E-state index in [9.17, 15) is 37.2 Å².